The van der Waals surface area contributed by atoms with Crippen molar-refractivity contribution in [3.8, 4) is 5.75 Å². The van der Waals surface area contributed by atoms with Crippen molar-refractivity contribution in [2.75, 3.05) is 12.0 Å². The van der Waals surface area contributed by atoms with E-state index in [0.717, 1.165) is 29.6 Å². The molecule has 0 aliphatic carbocycles. The molecule has 7 heteroatoms. The molecule has 0 spiro atoms. The number of hydrogen-bond donors (Lipinski definition) is 1. The molecule has 4 heterocycles. The monoisotopic (exact) mass is 396 g/mol. The third-order valence-electron chi connectivity index (χ3n) is 6.07. The molecule has 2 aliphatic heterocycles. The number of pyridine rings is 1. The van der Waals surface area contributed by atoms with Crippen molar-refractivity contribution < 1.29 is 9.84 Å². The van der Waals surface area contributed by atoms with Crippen molar-refractivity contribution in [1.29, 1.82) is 0 Å². The Balaban J connectivity index is 1.53. The molecule has 2 aromatic heterocycles. The van der Waals surface area contributed by atoms with Crippen molar-refractivity contribution in [3.63, 3.8) is 0 Å². The van der Waals surface area contributed by atoms with Crippen LogP contribution in [0.3, 0.4) is 0 Å². The highest BCUT2D eigenvalue weighted by atomic mass is 35.5. The van der Waals surface area contributed by atoms with Gasteiger partial charge in [-0.15, -0.1) is 0 Å². The van der Waals surface area contributed by atoms with Gasteiger partial charge in [-0.3, -0.25) is 0 Å². The number of halogens is 1. The highest BCUT2D eigenvalue weighted by molar-refractivity contribution is 6.30. The lowest BCUT2D eigenvalue weighted by Gasteiger charge is -2.45. The maximum absolute atomic E-state index is 11.4. The molecule has 2 saturated heterocycles. The maximum atomic E-state index is 11.4. The molecule has 0 amide bonds. The van der Waals surface area contributed by atoms with Crippen molar-refractivity contribution in [1.82, 2.24) is 15.0 Å². The van der Waals surface area contributed by atoms with Gasteiger partial charge in [0.25, 0.3) is 0 Å². The lowest BCUT2D eigenvalue weighted by Crippen LogP contribution is -2.50. The average molecular weight is 397 g/mol. The Kier molecular flexibility index (Phi) is 4.14. The first-order valence-electron chi connectivity index (χ1n) is 9.49. The maximum Gasteiger partial charge on any atom is 0.164 e. The molecule has 1 N–H and O–H groups in total. The lowest BCUT2D eigenvalue weighted by atomic mass is 9.80. The molecule has 2 bridgehead atoms. The molecule has 0 radical (unpaired) electrons. The second-order valence-electron chi connectivity index (χ2n) is 7.68. The van der Waals surface area contributed by atoms with Crippen LogP contribution in [0.2, 0.25) is 5.02 Å². The second kappa shape index (κ2) is 6.57. The first-order valence-corrected chi connectivity index (χ1v) is 9.87. The van der Waals surface area contributed by atoms with Crippen LogP contribution in [0.5, 0.6) is 5.75 Å². The summed E-state index contributed by atoms with van der Waals surface area (Å²) >= 11 is 6.03. The van der Waals surface area contributed by atoms with Gasteiger partial charge in [0.05, 0.1) is 24.3 Å². The zero-order chi connectivity index (χ0) is 19.3. The molecule has 2 aliphatic rings. The molecule has 28 heavy (non-hydrogen) atoms. The first-order chi connectivity index (χ1) is 13.6. The molecule has 3 aromatic rings. The minimum Gasteiger partial charge on any atom is -0.495 e. The predicted octanol–water partition coefficient (Wildman–Crippen LogP) is 3.71. The number of ether oxygens (including phenoxy) is 1. The molecule has 0 saturated carbocycles. The van der Waals surface area contributed by atoms with E-state index in [1.54, 1.807) is 19.6 Å². The van der Waals surface area contributed by atoms with Crippen LogP contribution < -0.4 is 9.64 Å². The average Bonchev–Trinajstić information content (AvgIpc) is 2.99. The van der Waals surface area contributed by atoms with E-state index in [1.807, 2.05) is 30.3 Å². The van der Waals surface area contributed by atoms with E-state index in [4.69, 9.17) is 16.3 Å². The lowest BCUT2D eigenvalue weighted by molar-refractivity contribution is -0.00312. The summed E-state index contributed by atoms with van der Waals surface area (Å²) in [5, 5.41) is 13.0. The molecule has 2 atom stereocenters. The fourth-order valence-corrected chi connectivity index (χ4v) is 4.92. The highest BCUT2D eigenvalue weighted by Gasteiger charge is 2.49. The van der Waals surface area contributed by atoms with Gasteiger partial charge in [0.1, 0.15) is 17.9 Å². The standard InChI is InChI=1S/C21H21ClN4O2/c1-28-17-8-18-19(23-11-17)24-12-25-20(18)26-15-6-7-16(26)10-21(27,9-15)13-2-4-14(22)5-3-13/h2-5,8,11-12,15-16,27H,6-7,9-10H2,1H3. The summed E-state index contributed by atoms with van der Waals surface area (Å²) in [5.74, 6) is 1.56. The van der Waals surface area contributed by atoms with E-state index in [0.29, 0.717) is 29.3 Å². The molecular weight excluding hydrogens is 376 g/mol. The van der Waals surface area contributed by atoms with Crippen LogP contribution in [0.15, 0.2) is 42.9 Å². The fourth-order valence-electron chi connectivity index (χ4n) is 4.80. The van der Waals surface area contributed by atoms with Crippen LogP contribution >= 0.6 is 11.6 Å². The van der Waals surface area contributed by atoms with Gasteiger partial charge < -0.3 is 14.7 Å². The minimum absolute atomic E-state index is 0.212. The Labute approximate surface area is 168 Å². The first kappa shape index (κ1) is 17.6. The van der Waals surface area contributed by atoms with Gasteiger partial charge in [0, 0.05) is 29.9 Å². The molecule has 5 rings (SSSR count). The van der Waals surface area contributed by atoms with Gasteiger partial charge in [-0.1, -0.05) is 23.7 Å². The zero-order valence-electron chi connectivity index (χ0n) is 15.5. The Morgan fingerprint density at radius 2 is 1.82 bits per heavy atom. The van der Waals surface area contributed by atoms with Gasteiger partial charge in [0.2, 0.25) is 0 Å². The molecule has 144 valence electrons. The number of aliphatic hydroxyl groups is 1. The van der Waals surface area contributed by atoms with E-state index < -0.39 is 5.60 Å². The minimum atomic E-state index is -0.842. The van der Waals surface area contributed by atoms with Gasteiger partial charge >= 0.3 is 0 Å². The third-order valence-corrected chi connectivity index (χ3v) is 6.32. The molecule has 2 unspecified atom stereocenters. The molecule has 6 nitrogen and oxygen atoms in total. The van der Waals surface area contributed by atoms with Crippen LogP contribution in [0.1, 0.15) is 31.2 Å². The molecular formula is C21H21ClN4O2. The van der Waals surface area contributed by atoms with E-state index in [2.05, 4.69) is 19.9 Å². The Hall–Kier alpha value is -2.44. The number of fused-ring (bicyclic) bond motifs is 3. The number of methoxy groups -OCH3 is 1. The van der Waals surface area contributed by atoms with Gasteiger partial charge in [0.15, 0.2) is 5.65 Å². The van der Waals surface area contributed by atoms with Crippen molar-refractivity contribution >= 4 is 28.5 Å². The number of nitrogens with zero attached hydrogens (tertiary/aromatic N) is 4. The van der Waals surface area contributed by atoms with Crippen LogP contribution in [0.4, 0.5) is 5.82 Å². The van der Waals surface area contributed by atoms with Gasteiger partial charge in [-0.25, -0.2) is 15.0 Å². The van der Waals surface area contributed by atoms with Crippen LogP contribution in [-0.2, 0) is 5.60 Å². The van der Waals surface area contributed by atoms with E-state index in [-0.39, 0.29) is 12.1 Å². The highest BCUT2D eigenvalue weighted by Crippen LogP contribution is 2.48. The second-order valence-corrected chi connectivity index (χ2v) is 8.12. The Morgan fingerprint density at radius 3 is 2.50 bits per heavy atom. The van der Waals surface area contributed by atoms with E-state index >= 15 is 0 Å². The largest absolute Gasteiger partial charge is 0.495 e. The smallest absolute Gasteiger partial charge is 0.164 e. The quantitative estimate of drug-likeness (QED) is 0.727. The molecule has 1 aromatic carbocycles. The predicted molar refractivity (Wildman–Crippen MR) is 108 cm³/mol. The van der Waals surface area contributed by atoms with Gasteiger partial charge in [-0.05, 0) is 36.6 Å². The van der Waals surface area contributed by atoms with E-state index in [1.165, 1.54) is 0 Å². The molecule has 2 fully saturated rings. The zero-order valence-corrected chi connectivity index (χ0v) is 16.3. The Morgan fingerprint density at radius 1 is 1.11 bits per heavy atom. The van der Waals surface area contributed by atoms with Crippen LogP contribution in [0, 0.1) is 0 Å². The van der Waals surface area contributed by atoms with Crippen molar-refractivity contribution in [3.05, 3.63) is 53.4 Å². The number of rotatable bonds is 3. The summed E-state index contributed by atoms with van der Waals surface area (Å²) in [6.07, 6.45) is 6.62. The summed E-state index contributed by atoms with van der Waals surface area (Å²) in [5.41, 5.74) is 0.749. The SMILES string of the molecule is COc1cnc2ncnc(N3C4CCC3CC(O)(c3ccc(Cl)cc3)C4)c2c1. The fraction of sp³-hybridized carbons (Fsp3) is 0.381. The van der Waals surface area contributed by atoms with Crippen molar-refractivity contribution in [2.45, 2.75) is 43.4 Å². The number of aromatic nitrogens is 3. The summed E-state index contributed by atoms with van der Waals surface area (Å²) in [6, 6.07) is 9.93. The number of hydrogen-bond acceptors (Lipinski definition) is 6. The topological polar surface area (TPSA) is 71.4 Å². The summed E-state index contributed by atoms with van der Waals surface area (Å²) < 4.78 is 5.35. The Bertz CT molecular complexity index is 1010. The van der Waals surface area contributed by atoms with Gasteiger partial charge in [-0.2, -0.15) is 0 Å². The van der Waals surface area contributed by atoms with E-state index in [9.17, 15) is 5.11 Å². The van der Waals surface area contributed by atoms with Crippen molar-refractivity contribution in [2.24, 2.45) is 0 Å². The summed E-state index contributed by atoms with van der Waals surface area (Å²) in [7, 11) is 1.63. The summed E-state index contributed by atoms with van der Waals surface area (Å²) in [6.45, 7) is 0. The van der Waals surface area contributed by atoms with Crippen LogP contribution in [0.25, 0.3) is 11.0 Å². The number of piperidine rings is 1. The number of benzene rings is 1. The summed E-state index contributed by atoms with van der Waals surface area (Å²) in [4.78, 5) is 15.7. The van der Waals surface area contributed by atoms with Crippen LogP contribution in [-0.4, -0.2) is 39.3 Å². The number of anilines is 1. The normalized spacial score (nSPS) is 26.6. The third kappa shape index (κ3) is 2.79.